The lowest BCUT2D eigenvalue weighted by Crippen LogP contribution is -2.45. The molecule has 1 fully saturated rings. The van der Waals surface area contributed by atoms with Crippen molar-refractivity contribution in [3.05, 3.63) is 59.4 Å². The number of piperidine rings is 1. The average Bonchev–Trinajstić information content (AvgIpc) is 2.65. The number of halogens is 1. The fraction of sp³-hybridized carbons (Fsp3) is 0.381. The smallest absolute Gasteiger partial charge is 0.243 e. The minimum Gasteiger partial charge on any atom is -0.326 e. The zero-order valence-electron chi connectivity index (χ0n) is 16.1. The van der Waals surface area contributed by atoms with Gasteiger partial charge in [0.25, 0.3) is 0 Å². The van der Waals surface area contributed by atoms with Crippen LogP contribution in [0, 0.1) is 19.7 Å². The lowest BCUT2D eigenvalue weighted by molar-refractivity contribution is -0.117. The van der Waals surface area contributed by atoms with E-state index in [0.29, 0.717) is 13.0 Å². The lowest BCUT2D eigenvalue weighted by Gasteiger charge is -2.34. The standard InChI is InChI=1S/C21H25FN2O3S/c1-15-6-5-7-16(2)21(15)23-20(25)14-18-8-3-4-13-24(18)28(26,27)19-11-9-17(22)10-12-19/h5-7,9-12,18H,3-4,8,13-14H2,1-2H3,(H,23,25)/t18-/m1/s1. The molecular weight excluding hydrogens is 379 g/mol. The second-order valence-electron chi connectivity index (χ2n) is 7.24. The zero-order chi connectivity index (χ0) is 20.3. The number of hydrogen-bond donors (Lipinski definition) is 1. The topological polar surface area (TPSA) is 66.5 Å². The van der Waals surface area contributed by atoms with Crippen molar-refractivity contribution in [3.8, 4) is 0 Å². The maximum absolute atomic E-state index is 13.2. The van der Waals surface area contributed by atoms with Gasteiger partial charge in [-0.25, -0.2) is 12.8 Å². The van der Waals surface area contributed by atoms with Crippen LogP contribution in [-0.4, -0.2) is 31.2 Å². The number of aryl methyl sites for hydroxylation is 2. The molecule has 2 aromatic rings. The summed E-state index contributed by atoms with van der Waals surface area (Å²) in [6, 6.07) is 10.2. The number of nitrogens with one attached hydrogen (secondary N) is 1. The molecule has 0 aliphatic carbocycles. The van der Waals surface area contributed by atoms with E-state index in [9.17, 15) is 17.6 Å². The molecule has 1 heterocycles. The second-order valence-corrected chi connectivity index (χ2v) is 9.13. The normalized spacial score (nSPS) is 18.0. The molecule has 0 spiro atoms. The summed E-state index contributed by atoms with van der Waals surface area (Å²) in [4.78, 5) is 12.7. The quantitative estimate of drug-likeness (QED) is 0.819. The van der Waals surface area contributed by atoms with Gasteiger partial charge in [0, 0.05) is 24.7 Å². The highest BCUT2D eigenvalue weighted by Gasteiger charge is 2.34. The predicted molar refractivity (Wildman–Crippen MR) is 107 cm³/mol. The average molecular weight is 405 g/mol. The summed E-state index contributed by atoms with van der Waals surface area (Å²) in [5.41, 5.74) is 2.71. The molecule has 0 radical (unpaired) electrons. The van der Waals surface area contributed by atoms with Crippen LogP contribution in [0.2, 0.25) is 0 Å². The molecule has 1 atom stereocenters. The van der Waals surface area contributed by atoms with Crippen LogP contribution in [0.3, 0.4) is 0 Å². The van der Waals surface area contributed by atoms with Crippen molar-refractivity contribution in [2.24, 2.45) is 0 Å². The molecule has 2 aromatic carbocycles. The molecule has 0 bridgehead atoms. The van der Waals surface area contributed by atoms with Crippen molar-refractivity contribution in [2.45, 2.75) is 50.5 Å². The van der Waals surface area contributed by atoms with Crippen molar-refractivity contribution in [2.75, 3.05) is 11.9 Å². The minimum atomic E-state index is -3.78. The van der Waals surface area contributed by atoms with E-state index in [4.69, 9.17) is 0 Å². The summed E-state index contributed by atoms with van der Waals surface area (Å²) in [6.45, 7) is 4.21. The van der Waals surface area contributed by atoms with Gasteiger partial charge < -0.3 is 5.32 Å². The van der Waals surface area contributed by atoms with Crippen LogP contribution in [-0.2, 0) is 14.8 Å². The molecule has 28 heavy (non-hydrogen) atoms. The molecule has 150 valence electrons. The first-order valence-electron chi connectivity index (χ1n) is 9.42. The largest absolute Gasteiger partial charge is 0.326 e. The summed E-state index contributed by atoms with van der Waals surface area (Å²) < 4.78 is 40.6. The molecule has 3 rings (SSSR count). The third-order valence-electron chi connectivity index (χ3n) is 5.16. The molecule has 0 unspecified atom stereocenters. The maximum Gasteiger partial charge on any atom is 0.243 e. The monoisotopic (exact) mass is 404 g/mol. The van der Waals surface area contributed by atoms with Crippen molar-refractivity contribution < 1.29 is 17.6 Å². The van der Waals surface area contributed by atoms with Crippen LogP contribution in [0.15, 0.2) is 47.4 Å². The number of nitrogens with zero attached hydrogens (tertiary/aromatic N) is 1. The Labute approximate surface area is 165 Å². The zero-order valence-corrected chi connectivity index (χ0v) is 16.9. The SMILES string of the molecule is Cc1cccc(C)c1NC(=O)C[C@H]1CCCCN1S(=O)(=O)c1ccc(F)cc1. The van der Waals surface area contributed by atoms with Crippen molar-refractivity contribution >= 4 is 21.6 Å². The number of amides is 1. The second kappa shape index (κ2) is 8.41. The molecular formula is C21H25FN2O3S. The van der Waals surface area contributed by atoms with Crippen LogP contribution >= 0.6 is 0 Å². The van der Waals surface area contributed by atoms with E-state index in [1.807, 2.05) is 32.0 Å². The number of sulfonamides is 1. The number of anilines is 1. The van der Waals surface area contributed by atoms with E-state index in [2.05, 4.69) is 5.32 Å². The fourth-order valence-corrected chi connectivity index (χ4v) is 5.35. The molecule has 1 amide bonds. The van der Waals surface area contributed by atoms with Gasteiger partial charge >= 0.3 is 0 Å². The van der Waals surface area contributed by atoms with Crippen LogP contribution in [0.4, 0.5) is 10.1 Å². The van der Waals surface area contributed by atoms with Gasteiger partial charge in [-0.15, -0.1) is 0 Å². The van der Waals surface area contributed by atoms with Crippen molar-refractivity contribution in [1.82, 2.24) is 4.31 Å². The van der Waals surface area contributed by atoms with Gasteiger partial charge in [-0.1, -0.05) is 24.6 Å². The van der Waals surface area contributed by atoms with Crippen LogP contribution in [0.5, 0.6) is 0 Å². The lowest BCUT2D eigenvalue weighted by atomic mass is 10.0. The van der Waals surface area contributed by atoms with Gasteiger partial charge in [0.1, 0.15) is 5.82 Å². The van der Waals surface area contributed by atoms with Crippen LogP contribution in [0.1, 0.15) is 36.8 Å². The Kier molecular flexibility index (Phi) is 6.15. The molecule has 1 saturated heterocycles. The number of para-hydroxylation sites is 1. The van der Waals surface area contributed by atoms with Crippen molar-refractivity contribution in [3.63, 3.8) is 0 Å². The van der Waals surface area contributed by atoms with Gasteiger partial charge in [-0.2, -0.15) is 4.31 Å². The summed E-state index contributed by atoms with van der Waals surface area (Å²) in [7, 11) is -3.78. The molecule has 0 aromatic heterocycles. The first kappa shape index (κ1) is 20.5. The Hall–Kier alpha value is -2.25. The van der Waals surface area contributed by atoms with E-state index in [0.717, 1.165) is 41.8 Å². The molecule has 5 nitrogen and oxygen atoms in total. The predicted octanol–water partition coefficient (Wildman–Crippen LogP) is 4.01. The Morgan fingerprint density at radius 1 is 1.11 bits per heavy atom. The maximum atomic E-state index is 13.2. The Balaban J connectivity index is 1.78. The van der Waals surface area contributed by atoms with Crippen LogP contribution in [0.25, 0.3) is 0 Å². The number of carbonyl (C=O) groups is 1. The van der Waals surface area contributed by atoms with Gasteiger partial charge in [0.15, 0.2) is 0 Å². The molecule has 1 N–H and O–H groups in total. The number of hydrogen-bond acceptors (Lipinski definition) is 3. The van der Waals surface area contributed by atoms with Gasteiger partial charge in [-0.05, 0) is 62.1 Å². The van der Waals surface area contributed by atoms with E-state index >= 15 is 0 Å². The van der Waals surface area contributed by atoms with E-state index in [1.165, 1.54) is 16.4 Å². The first-order chi connectivity index (χ1) is 13.3. The number of carbonyl (C=O) groups excluding carboxylic acids is 1. The summed E-state index contributed by atoms with van der Waals surface area (Å²) in [6.07, 6.45) is 2.33. The Morgan fingerprint density at radius 2 is 1.75 bits per heavy atom. The fourth-order valence-electron chi connectivity index (χ4n) is 3.65. The molecule has 1 aliphatic rings. The minimum absolute atomic E-state index is 0.0518. The van der Waals surface area contributed by atoms with Gasteiger partial charge in [0.2, 0.25) is 15.9 Å². The Morgan fingerprint density at radius 3 is 2.39 bits per heavy atom. The number of rotatable bonds is 5. The molecule has 7 heteroatoms. The first-order valence-corrected chi connectivity index (χ1v) is 10.9. The number of benzene rings is 2. The molecule has 0 saturated carbocycles. The van der Waals surface area contributed by atoms with E-state index < -0.39 is 21.9 Å². The van der Waals surface area contributed by atoms with Crippen LogP contribution < -0.4 is 5.32 Å². The Bertz CT molecular complexity index is 938. The summed E-state index contributed by atoms with van der Waals surface area (Å²) in [5.74, 6) is -0.689. The highest BCUT2D eigenvalue weighted by Crippen LogP contribution is 2.28. The summed E-state index contributed by atoms with van der Waals surface area (Å²) in [5, 5.41) is 2.94. The molecule has 1 aliphatic heterocycles. The van der Waals surface area contributed by atoms with Gasteiger partial charge in [0.05, 0.1) is 4.90 Å². The third kappa shape index (κ3) is 4.42. The highest BCUT2D eigenvalue weighted by atomic mass is 32.2. The van der Waals surface area contributed by atoms with E-state index in [-0.39, 0.29) is 17.2 Å². The third-order valence-corrected chi connectivity index (χ3v) is 7.13. The highest BCUT2D eigenvalue weighted by molar-refractivity contribution is 7.89. The summed E-state index contributed by atoms with van der Waals surface area (Å²) >= 11 is 0. The van der Waals surface area contributed by atoms with E-state index in [1.54, 1.807) is 0 Å². The van der Waals surface area contributed by atoms with Gasteiger partial charge in [-0.3, -0.25) is 4.79 Å². The van der Waals surface area contributed by atoms with Crippen molar-refractivity contribution in [1.29, 1.82) is 0 Å².